The van der Waals surface area contributed by atoms with Crippen LogP contribution in [0, 0.1) is 23.7 Å². The van der Waals surface area contributed by atoms with Crippen molar-refractivity contribution in [2.75, 3.05) is 0 Å². The molecule has 0 aliphatic heterocycles. The molecule has 2 aliphatic carbocycles. The van der Waals surface area contributed by atoms with Gasteiger partial charge in [0, 0.05) is 0 Å². The molecule has 3 rings (SSSR count). The fourth-order valence-corrected chi connectivity index (χ4v) is 5.50. The number of rotatable bonds is 9. The van der Waals surface area contributed by atoms with E-state index in [9.17, 15) is 0 Å². The van der Waals surface area contributed by atoms with Crippen LogP contribution >= 0.6 is 0 Å². The van der Waals surface area contributed by atoms with Crippen molar-refractivity contribution in [2.24, 2.45) is 23.7 Å². The monoisotopic (exact) mass is 364 g/mol. The molecule has 0 atom stereocenters. The normalized spacial score (nSPS) is 29.0. The standard InChI is InChI=1S/C27H40/c1-2-3-4-6-12-24-15-19-26(20-16-24)27-21-17-25(18-22-27)14-9-13-23-10-7-5-8-11-23/h2,5-8,10-12,24-27H,1,3-4,9,13-22H2. The molecule has 0 saturated heterocycles. The summed E-state index contributed by atoms with van der Waals surface area (Å²) in [6, 6.07) is 11.0. The Morgan fingerprint density at radius 2 is 1.48 bits per heavy atom. The molecular formula is C27H40. The Labute approximate surface area is 168 Å². The van der Waals surface area contributed by atoms with Crippen LogP contribution in [0.3, 0.4) is 0 Å². The summed E-state index contributed by atoms with van der Waals surface area (Å²) in [6.45, 7) is 3.81. The van der Waals surface area contributed by atoms with E-state index in [1.165, 1.54) is 82.6 Å². The van der Waals surface area contributed by atoms with Crippen LogP contribution in [0.1, 0.15) is 82.6 Å². The molecule has 148 valence electrons. The molecule has 0 heterocycles. The van der Waals surface area contributed by atoms with Crippen molar-refractivity contribution in [1.29, 1.82) is 0 Å². The molecule has 2 saturated carbocycles. The number of allylic oxidation sites excluding steroid dienone is 3. The average Bonchev–Trinajstić information content (AvgIpc) is 2.73. The van der Waals surface area contributed by atoms with Crippen LogP contribution in [-0.4, -0.2) is 0 Å². The Morgan fingerprint density at radius 3 is 2.15 bits per heavy atom. The maximum atomic E-state index is 3.81. The second-order valence-electron chi connectivity index (χ2n) is 9.13. The first-order chi connectivity index (χ1) is 13.3. The predicted octanol–water partition coefficient (Wildman–Crippen LogP) is 8.14. The van der Waals surface area contributed by atoms with Crippen molar-refractivity contribution in [2.45, 2.75) is 83.5 Å². The van der Waals surface area contributed by atoms with Crippen molar-refractivity contribution < 1.29 is 0 Å². The van der Waals surface area contributed by atoms with Crippen molar-refractivity contribution >= 4 is 0 Å². The van der Waals surface area contributed by atoms with Crippen LogP contribution in [0.5, 0.6) is 0 Å². The van der Waals surface area contributed by atoms with Gasteiger partial charge in [0.2, 0.25) is 0 Å². The van der Waals surface area contributed by atoms with Gasteiger partial charge in [0.15, 0.2) is 0 Å². The van der Waals surface area contributed by atoms with E-state index in [2.05, 4.69) is 49.1 Å². The third kappa shape index (κ3) is 6.98. The zero-order valence-electron chi connectivity index (χ0n) is 17.3. The highest BCUT2D eigenvalue weighted by atomic mass is 14.4. The van der Waals surface area contributed by atoms with Gasteiger partial charge in [-0.3, -0.25) is 0 Å². The molecule has 27 heavy (non-hydrogen) atoms. The van der Waals surface area contributed by atoms with Crippen LogP contribution in [-0.2, 0) is 6.42 Å². The molecule has 0 spiro atoms. The Bertz CT molecular complexity index is 539. The summed E-state index contributed by atoms with van der Waals surface area (Å²) >= 11 is 0. The molecular weight excluding hydrogens is 324 g/mol. The molecule has 1 aromatic rings. The Hall–Kier alpha value is -1.30. The summed E-state index contributed by atoms with van der Waals surface area (Å²) in [4.78, 5) is 0. The summed E-state index contributed by atoms with van der Waals surface area (Å²) in [5.74, 6) is 3.95. The van der Waals surface area contributed by atoms with E-state index in [4.69, 9.17) is 0 Å². The molecule has 2 aliphatic rings. The highest BCUT2D eigenvalue weighted by molar-refractivity contribution is 5.14. The zero-order valence-corrected chi connectivity index (χ0v) is 17.3. The van der Waals surface area contributed by atoms with E-state index < -0.39 is 0 Å². The third-order valence-electron chi connectivity index (χ3n) is 7.24. The second-order valence-corrected chi connectivity index (χ2v) is 9.13. The lowest BCUT2D eigenvalue weighted by molar-refractivity contribution is 0.152. The van der Waals surface area contributed by atoms with Gasteiger partial charge in [-0.15, -0.1) is 6.58 Å². The number of aryl methyl sites for hydroxylation is 1. The molecule has 1 aromatic carbocycles. The van der Waals surface area contributed by atoms with Crippen LogP contribution in [0.15, 0.2) is 55.1 Å². The van der Waals surface area contributed by atoms with Gasteiger partial charge in [0.05, 0.1) is 0 Å². The van der Waals surface area contributed by atoms with Gasteiger partial charge >= 0.3 is 0 Å². The first-order valence-corrected chi connectivity index (χ1v) is 11.7. The van der Waals surface area contributed by atoms with Crippen molar-refractivity contribution in [3.63, 3.8) is 0 Å². The molecule has 0 unspecified atom stereocenters. The fourth-order valence-electron chi connectivity index (χ4n) is 5.50. The van der Waals surface area contributed by atoms with E-state index >= 15 is 0 Å². The van der Waals surface area contributed by atoms with E-state index in [-0.39, 0.29) is 0 Å². The highest BCUT2D eigenvalue weighted by Gasteiger charge is 2.30. The molecule has 2 fully saturated rings. The van der Waals surface area contributed by atoms with Gasteiger partial charge in [0.1, 0.15) is 0 Å². The van der Waals surface area contributed by atoms with Gasteiger partial charge in [-0.1, -0.05) is 67.8 Å². The number of benzene rings is 1. The molecule has 0 amide bonds. The van der Waals surface area contributed by atoms with Crippen LogP contribution in [0.2, 0.25) is 0 Å². The fraction of sp³-hybridized carbons (Fsp3) is 0.630. The molecule has 0 aromatic heterocycles. The molecule has 0 heteroatoms. The van der Waals surface area contributed by atoms with Gasteiger partial charge in [0.25, 0.3) is 0 Å². The van der Waals surface area contributed by atoms with Crippen LogP contribution < -0.4 is 0 Å². The number of unbranched alkanes of at least 4 members (excludes halogenated alkanes) is 1. The number of hydrogen-bond donors (Lipinski definition) is 0. The first-order valence-electron chi connectivity index (χ1n) is 11.7. The predicted molar refractivity (Wildman–Crippen MR) is 119 cm³/mol. The lowest BCUT2D eigenvalue weighted by Crippen LogP contribution is -2.25. The topological polar surface area (TPSA) is 0 Å². The largest absolute Gasteiger partial charge is 0.103 e. The van der Waals surface area contributed by atoms with Crippen molar-refractivity contribution in [1.82, 2.24) is 0 Å². The quantitative estimate of drug-likeness (QED) is 0.306. The third-order valence-corrected chi connectivity index (χ3v) is 7.24. The lowest BCUT2D eigenvalue weighted by Gasteiger charge is -2.37. The molecule has 0 N–H and O–H groups in total. The minimum atomic E-state index is 0.861. The summed E-state index contributed by atoms with van der Waals surface area (Å²) in [5.41, 5.74) is 1.52. The maximum absolute atomic E-state index is 3.81. The van der Waals surface area contributed by atoms with Crippen molar-refractivity contribution in [3.05, 3.63) is 60.7 Å². The van der Waals surface area contributed by atoms with E-state index in [0.29, 0.717) is 0 Å². The Balaban J connectivity index is 1.29. The van der Waals surface area contributed by atoms with Gasteiger partial charge in [-0.2, -0.15) is 0 Å². The van der Waals surface area contributed by atoms with Crippen LogP contribution in [0.25, 0.3) is 0 Å². The van der Waals surface area contributed by atoms with Gasteiger partial charge < -0.3 is 0 Å². The highest BCUT2D eigenvalue weighted by Crippen LogP contribution is 2.42. The Morgan fingerprint density at radius 1 is 0.815 bits per heavy atom. The zero-order chi connectivity index (χ0) is 18.7. The maximum Gasteiger partial charge on any atom is -0.0233 e. The molecule has 0 bridgehead atoms. The molecule has 0 radical (unpaired) electrons. The van der Waals surface area contributed by atoms with Crippen LogP contribution in [0.4, 0.5) is 0 Å². The lowest BCUT2D eigenvalue weighted by atomic mass is 9.68. The van der Waals surface area contributed by atoms with Gasteiger partial charge in [-0.25, -0.2) is 0 Å². The number of hydrogen-bond acceptors (Lipinski definition) is 0. The molecule has 0 nitrogen and oxygen atoms in total. The second kappa shape index (κ2) is 11.5. The summed E-state index contributed by atoms with van der Waals surface area (Å²) in [6.07, 6.45) is 25.2. The first kappa shape index (κ1) is 20.4. The SMILES string of the molecule is C=CCCC=CC1CCC(C2CCC(CCCc3ccccc3)CC2)CC1. The minimum absolute atomic E-state index is 0.861. The minimum Gasteiger partial charge on any atom is -0.103 e. The van der Waals surface area contributed by atoms with E-state index in [0.717, 1.165) is 30.1 Å². The average molecular weight is 365 g/mol. The van der Waals surface area contributed by atoms with Gasteiger partial charge in [-0.05, 0) is 93.4 Å². The summed E-state index contributed by atoms with van der Waals surface area (Å²) in [5, 5.41) is 0. The Kier molecular flexibility index (Phi) is 8.72. The van der Waals surface area contributed by atoms with Crippen molar-refractivity contribution in [3.8, 4) is 0 Å². The smallest absolute Gasteiger partial charge is 0.0233 e. The van der Waals surface area contributed by atoms with E-state index in [1.54, 1.807) is 0 Å². The summed E-state index contributed by atoms with van der Waals surface area (Å²) in [7, 11) is 0. The summed E-state index contributed by atoms with van der Waals surface area (Å²) < 4.78 is 0. The van der Waals surface area contributed by atoms with E-state index in [1.807, 2.05) is 6.08 Å².